The molecule has 0 spiro atoms. The topological polar surface area (TPSA) is 47.8 Å². The predicted octanol–water partition coefficient (Wildman–Crippen LogP) is 3.57. The molecule has 0 N–H and O–H groups in total. The SMILES string of the molecule is CC(C)c1c(C=O)nnn1Cc1ccc(Cl)c(Cl)c1. The van der Waals surface area contributed by atoms with Crippen LogP contribution in [0, 0.1) is 0 Å². The average molecular weight is 298 g/mol. The van der Waals surface area contributed by atoms with Crippen molar-refractivity contribution in [3.8, 4) is 0 Å². The fourth-order valence-electron chi connectivity index (χ4n) is 1.94. The number of halogens is 2. The van der Waals surface area contributed by atoms with Crippen LogP contribution in [-0.4, -0.2) is 21.3 Å². The minimum absolute atomic E-state index is 0.165. The highest BCUT2D eigenvalue weighted by Gasteiger charge is 2.15. The van der Waals surface area contributed by atoms with Crippen molar-refractivity contribution < 1.29 is 4.79 Å². The Kier molecular flexibility index (Phi) is 4.22. The number of carbonyl (C=O) groups excluding carboxylic acids is 1. The third kappa shape index (κ3) is 2.96. The number of hydrogen-bond donors (Lipinski definition) is 0. The Balaban J connectivity index is 2.35. The maximum atomic E-state index is 10.9. The normalized spacial score (nSPS) is 11.0. The van der Waals surface area contributed by atoms with Gasteiger partial charge in [-0.3, -0.25) is 4.79 Å². The van der Waals surface area contributed by atoms with Gasteiger partial charge in [-0.1, -0.05) is 48.3 Å². The van der Waals surface area contributed by atoms with Crippen molar-refractivity contribution in [2.45, 2.75) is 26.3 Å². The van der Waals surface area contributed by atoms with E-state index in [4.69, 9.17) is 23.2 Å². The zero-order valence-corrected chi connectivity index (χ0v) is 12.1. The van der Waals surface area contributed by atoms with Gasteiger partial charge in [0.2, 0.25) is 0 Å². The second-order valence-electron chi connectivity index (χ2n) is 4.54. The van der Waals surface area contributed by atoms with Crippen molar-refractivity contribution in [2.75, 3.05) is 0 Å². The van der Waals surface area contributed by atoms with Gasteiger partial charge in [-0.15, -0.1) is 5.10 Å². The third-order valence-electron chi connectivity index (χ3n) is 2.78. The van der Waals surface area contributed by atoms with Crippen molar-refractivity contribution in [1.29, 1.82) is 0 Å². The van der Waals surface area contributed by atoms with E-state index in [9.17, 15) is 4.79 Å². The molecule has 0 saturated carbocycles. The van der Waals surface area contributed by atoms with Gasteiger partial charge in [0.05, 0.1) is 22.3 Å². The van der Waals surface area contributed by atoms with Crippen molar-refractivity contribution in [1.82, 2.24) is 15.0 Å². The molecule has 100 valence electrons. The summed E-state index contributed by atoms with van der Waals surface area (Å²) in [6.45, 7) is 4.50. The zero-order chi connectivity index (χ0) is 14.0. The quantitative estimate of drug-likeness (QED) is 0.811. The van der Waals surface area contributed by atoms with E-state index in [1.54, 1.807) is 16.8 Å². The van der Waals surface area contributed by atoms with E-state index >= 15 is 0 Å². The Bertz CT molecular complexity index is 608. The molecule has 1 heterocycles. The molecule has 1 aromatic heterocycles. The first-order valence-electron chi connectivity index (χ1n) is 5.85. The molecule has 0 aliphatic carbocycles. The molecule has 6 heteroatoms. The number of benzene rings is 1. The van der Waals surface area contributed by atoms with E-state index in [-0.39, 0.29) is 5.92 Å². The Hall–Kier alpha value is -1.39. The lowest BCUT2D eigenvalue weighted by Crippen LogP contribution is -2.08. The van der Waals surface area contributed by atoms with Crippen molar-refractivity contribution in [3.05, 3.63) is 45.2 Å². The highest BCUT2D eigenvalue weighted by molar-refractivity contribution is 6.42. The van der Waals surface area contributed by atoms with E-state index < -0.39 is 0 Å². The van der Waals surface area contributed by atoms with Crippen LogP contribution in [-0.2, 0) is 6.54 Å². The van der Waals surface area contributed by atoms with Gasteiger partial charge in [-0.05, 0) is 23.6 Å². The summed E-state index contributed by atoms with van der Waals surface area (Å²) >= 11 is 11.9. The lowest BCUT2D eigenvalue weighted by atomic mass is 10.1. The molecule has 0 fully saturated rings. The molecule has 0 aliphatic rings. The molecule has 0 bridgehead atoms. The average Bonchev–Trinajstić information content (AvgIpc) is 2.77. The summed E-state index contributed by atoms with van der Waals surface area (Å²) in [7, 11) is 0. The molecule has 0 radical (unpaired) electrons. The summed E-state index contributed by atoms with van der Waals surface area (Å²) in [6.07, 6.45) is 0.730. The number of carbonyl (C=O) groups is 1. The van der Waals surface area contributed by atoms with Crippen molar-refractivity contribution >= 4 is 29.5 Å². The van der Waals surface area contributed by atoms with Crippen LogP contribution >= 0.6 is 23.2 Å². The lowest BCUT2D eigenvalue weighted by molar-refractivity contribution is 0.111. The van der Waals surface area contributed by atoms with E-state index in [1.807, 2.05) is 19.9 Å². The maximum absolute atomic E-state index is 10.9. The highest BCUT2D eigenvalue weighted by atomic mass is 35.5. The summed E-state index contributed by atoms with van der Waals surface area (Å²) in [5, 5.41) is 8.91. The van der Waals surface area contributed by atoms with Crippen LogP contribution in [0.15, 0.2) is 18.2 Å². The van der Waals surface area contributed by atoms with Crippen molar-refractivity contribution in [2.24, 2.45) is 0 Å². The summed E-state index contributed by atoms with van der Waals surface area (Å²) in [6, 6.07) is 5.41. The first kappa shape index (κ1) is 14.0. The van der Waals surface area contributed by atoms with Gasteiger partial charge in [0.25, 0.3) is 0 Å². The maximum Gasteiger partial charge on any atom is 0.172 e. The van der Waals surface area contributed by atoms with E-state index in [0.717, 1.165) is 17.5 Å². The number of hydrogen-bond acceptors (Lipinski definition) is 3. The van der Waals surface area contributed by atoms with Gasteiger partial charge < -0.3 is 0 Å². The molecule has 19 heavy (non-hydrogen) atoms. The molecule has 2 rings (SSSR count). The molecular weight excluding hydrogens is 285 g/mol. The predicted molar refractivity (Wildman–Crippen MR) is 75.1 cm³/mol. The van der Waals surface area contributed by atoms with Crippen LogP contribution in [0.5, 0.6) is 0 Å². The summed E-state index contributed by atoms with van der Waals surface area (Å²) < 4.78 is 1.72. The molecule has 0 aliphatic heterocycles. The number of aromatic nitrogens is 3. The fraction of sp³-hybridized carbons (Fsp3) is 0.308. The van der Waals surface area contributed by atoms with Crippen LogP contribution in [0.3, 0.4) is 0 Å². The Morgan fingerprint density at radius 3 is 2.63 bits per heavy atom. The minimum atomic E-state index is 0.165. The van der Waals surface area contributed by atoms with Gasteiger partial charge in [0.1, 0.15) is 5.69 Å². The molecule has 0 atom stereocenters. The van der Waals surface area contributed by atoms with Crippen LogP contribution < -0.4 is 0 Å². The molecular formula is C13H13Cl2N3O. The minimum Gasteiger partial charge on any atom is -0.296 e. The highest BCUT2D eigenvalue weighted by Crippen LogP contribution is 2.24. The summed E-state index contributed by atoms with van der Waals surface area (Å²) in [4.78, 5) is 10.9. The largest absolute Gasteiger partial charge is 0.296 e. The smallest absolute Gasteiger partial charge is 0.172 e. The monoisotopic (exact) mass is 297 g/mol. The van der Waals surface area contributed by atoms with Gasteiger partial charge in [0.15, 0.2) is 6.29 Å². The fourth-order valence-corrected chi connectivity index (χ4v) is 2.26. The van der Waals surface area contributed by atoms with Gasteiger partial charge >= 0.3 is 0 Å². The molecule has 1 aromatic carbocycles. The van der Waals surface area contributed by atoms with Gasteiger partial charge in [0, 0.05) is 0 Å². The first-order chi connectivity index (χ1) is 9.02. The van der Waals surface area contributed by atoms with E-state index in [0.29, 0.717) is 22.3 Å². The third-order valence-corrected chi connectivity index (χ3v) is 3.51. The Morgan fingerprint density at radius 1 is 1.32 bits per heavy atom. The van der Waals surface area contributed by atoms with E-state index in [2.05, 4.69) is 10.3 Å². The van der Waals surface area contributed by atoms with Gasteiger partial charge in [-0.25, -0.2) is 4.68 Å². The molecule has 4 nitrogen and oxygen atoms in total. The Morgan fingerprint density at radius 2 is 2.05 bits per heavy atom. The van der Waals surface area contributed by atoms with E-state index in [1.165, 1.54) is 0 Å². The molecule has 0 saturated heterocycles. The first-order valence-corrected chi connectivity index (χ1v) is 6.61. The van der Waals surface area contributed by atoms with Crippen LogP contribution in [0.1, 0.15) is 41.5 Å². The Labute approximate surface area is 121 Å². The van der Waals surface area contributed by atoms with Crippen LogP contribution in [0.2, 0.25) is 10.0 Å². The lowest BCUT2D eigenvalue weighted by Gasteiger charge is -2.10. The number of aldehydes is 1. The number of nitrogens with zero attached hydrogens (tertiary/aromatic N) is 3. The van der Waals surface area contributed by atoms with Crippen LogP contribution in [0.4, 0.5) is 0 Å². The summed E-state index contributed by atoms with van der Waals surface area (Å²) in [5.41, 5.74) is 2.16. The second kappa shape index (κ2) is 5.72. The molecule has 2 aromatic rings. The summed E-state index contributed by atoms with van der Waals surface area (Å²) in [5.74, 6) is 0.165. The van der Waals surface area contributed by atoms with Crippen molar-refractivity contribution in [3.63, 3.8) is 0 Å². The second-order valence-corrected chi connectivity index (χ2v) is 5.35. The number of rotatable bonds is 4. The standard InChI is InChI=1S/C13H13Cl2N3O/c1-8(2)13-12(7-19)16-17-18(13)6-9-3-4-10(14)11(15)5-9/h3-5,7-8H,6H2,1-2H3. The molecule has 0 unspecified atom stereocenters. The molecule has 0 amide bonds. The zero-order valence-electron chi connectivity index (χ0n) is 10.6. The van der Waals surface area contributed by atoms with Crippen LogP contribution in [0.25, 0.3) is 0 Å². The van der Waals surface area contributed by atoms with Gasteiger partial charge in [-0.2, -0.15) is 0 Å².